The third-order valence-corrected chi connectivity index (χ3v) is 7.62. The van der Waals surface area contributed by atoms with Crippen LogP contribution in [0, 0.1) is 0 Å². The number of nitrogens with one attached hydrogen (secondary N) is 2. The van der Waals surface area contributed by atoms with Gasteiger partial charge in [-0.3, -0.25) is 9.20 Å². The maximum atomic E-state index is 12.5. The van der Waals surface area contributed by atoms with Gasteiger partial charge in [0, 0.05) is 66.5 Å². The van der Waals surface area contributed by atoms with Crippen LogP contribution < -0.4 is 15.5 Å². The van der Waals surface area contributed by atoms with Gasteiger partial charge in [-0.25, -0.2) is 15.0 Å². The van der Waals surface area contributed by atoms with E-state index < -0.39 is 0 Å². The first-order valence-corrected chi connectivity index (χ1v) is 14.5. The molecule has 0 bridgehead atoms. The fourth-order valence-corrected chi connectivity index (χ4v) is 5.50. The summed E-state index contributed by atoms with van der Waals surface area (Å²) in [6.07, 6.45) is 4.18. The Kier molecular flexibility index (Phi) is 7.90. The molecule has 11 heteroatoms. The number of amides is 1. The SMILES string of the molecule is CN(C)CCC(=O)Nc1cccc(-c2nc3sccn3c2-c2ccnc(Nc3ccc(N4CCOCC4)cc3)n2)c1. The van der Waals surface area contributed by atoms with Gasteiger partial charge in [-0.1, -0.05) is 12.1 Å². The zero-order valence-corrected chi connectivity index (χ0v) is 23.9. The van der Waals surface area contributed by atoms with E-state index in [-0.39, 0.29) is 5.91 Å². The molecule has 2 N–H and O–H groups in total. The second-order valence-corrected chi connectivity index (χ2v) is 11.0. The van der Waals surface area contributed by atoms with Gasteiger partial charge in [-0.05, 0) is 56.6 Å². The molecule has 0 aliphatic carbocycles. The minimum Gasteiger partial charge on any atom is -0.378 e. The van der Waals surface area contributed by atoms with E-state index in [1.807, 2.05) is 77.4 Å². The smallest absolute Gasteiger partial charge is 0.227 e. The van der Waals surface area contributed by atoms with Crippen molar-refractivity contribution in [3.8, 4) is 22.6 Å². The Hall–Kier alpha value is -4.32. The van der Waals surface area contributed by atoms with Crippen molar-refractivity contribution in [2.45, 2.75) is 6.42 Å². The summed E-state index contributed by atoms with van der Waals surface area (Å²) in [5, 5.41) is 8.36. The zero-order valence-electron chi connectivity index (χ0n) is 23.1. The molecule has 0 atom stereocenters. The number of nitrogens with zero attached hydrogens (tertiary/aromatic N) is 6. The molecule has 4 heterocycles. The number of rotatable bonds is 9. The summed E-state index contributed by atoms with van der Waals surface area (Å²) in [5.41, 5.74) is 6.12. The number of carbonyl (C=O) groups excluding carboxylic acids is 1. The number of hydrogen-bond acceptors (Lipinski definition) is 9. The molecule has 1 amide bonds. The summed E-state index contributed by atoms with van der Waals surface area (Å²) in [6.45, 7) is 3.99. The fraction of sp³-hybridized carbons (Fsp3) is 0.267. The topological polar surface area (TPSA) is 99.9 Å². The number of ether oxygens (including phenoxy) is 1. The predicted octanol–water partition coefficient (Wildman–Crippen LogP) is 4.99. The Morgan fingerprint density at radius 1 is 1.05 bits per heavy atom. The van der Waals surface area contributed by atoms with Gasteiger partial charge in [0.1, 0.15) is 5.69 Å². The highest BCUT2D eigenvalue weighted by molar-refractivity contribution is 7.15. The van der Waals surface area contributed by atoms with Crippen LogP contribution >= 0.6 is 11.3 Å². The Labute approximate surface area is 242 Å². The average Bonchev–Trinajstić information content (AvgIpc) is 3.59. The third kappa shape index (κ3) is 6.22. The van der Waals surface area contributed by atoms with Crippen LogP contribution in [-0.2, 0) is 9.53 Å². The molecule has 210 valence electrons. The maximum absolute atomic E-state index is 12.5. The van der Waals surface area contributed by atoms with Gasteiger partial charge in [0.05, 0.1) is 24.6 Å². The zero-order chi connectivity index (χ0) is 28.2. The van der Waals surface area contributed by atoms with Crippen molar-refractivity contribution in [3.63, 3.8) is 0 Å². The molecule has 3 aromatic heterocycles. The Morgan fingerprint density at radius 2 is 1.88 bits per heavy atom. The molecule has 41 heavy (non-hydrogen) atoms. The number of imidazole rings is 1. The molecule has 5 aromatic rings. The summed E-state index contributed by atoms with van der Waals surface area (Å²) >= 11 is 1.56. The normalized spacial score (nSPS) is 13.6. The monoisotopic (exact) mass is 568 g/mol. The molecule has 1 fully saturated rings. The van der Waals surface area contributed by atoms with Crippen LogP contribution in [0.1, 0.15) is 6.42 Å². The first-order chi connectivity index (χ1) is 20.0. The Bertz CT molecular complexity index is 1640. The predicted molar refractivity (Wildman–Crippen MR) is 164 cm³/mol. The van der Waals surface area contributed by atoms with E-state index >= 15 is 0 Å². The summed E-state index contributed by atoms with van der Waals surface area (Å²) < 4.78 is 7.51. The number of fused-ring (bicyclic) bond motifs is 1. The highest BCUT2D eigenvalue weighted by atomic mass is 32.1. The molecule has 0 radical (unpaired) electrons. The van der Waals surface area contributed by atoms with Crippen molar-refractivity contribution < 1.29 is 9.53 Å². The Morgan fingerprint density at radius 3 is 2.68 bits per heavy atom. The number of hydrogen-bond donors (Lipinski definition) is 2. The third-order valence-electron chi connectivity index (χ3n) is 6.87. The highest BCUT2D eigenvalue weighted by Gasteiger charge is 2.19. The summed E-state index contributed by atoms with van der Waals surface area (Å²) in [7, 11) is 3.91. The number of carbonyl (C=O) groups is 1. The number of anilines is 4. The van der Waals surface area contributed by atoms with E-state index in [0.717, 1.165) is 65.3 Å². The van der Waals surface area contributed by atoms with E-state index in [1.54, 1.807) is 17.5 Å². The average molecular weight is 569 g/mol. The van der Waals surface area contributed by atoms with Crippen molar-refractivity contribution in [3.05, 3.63) is 72.4 Å². The lowest BCUT2D eigenvalue weighted by molar-refractivity contribution is -0.116. The summed E-state index contributed by atoms with van der Waals surface area (Å²) in [4.78, 5) is 31.9. The maximum Gasteiger partial charge on any atom is 0.227 e. The van der Waals surface area contributed by atoms with Crippen LogP contribution in [0.15, 0.2) is 72.4 Å². The molecular weight excluding hydrogens is 536 g/mol. The van der Waals surface area contributed by atoms with E-state index in [2.05, 4.69) is 32.7 Å². The largest absolute Gasteiger partial charge is 0.378 e. The van der Waals surface area contributed by atoms with Crippen molar-refractivity contribution in [1.82, 2.24) is 24.3 Å². The minimum atomic E-state index is -0.0219. The Balaban J connectivity index is 1.26. The van der Waals surface area contributed by atoms with Crippen molar-refractivity contribution >= 4 is 45.2 Å². The molecule has 0 spiro atoms. The van der Waals surface area contributed by atoms with Gasteiger partial charge in [-0.15, -0.1) is 11.3 Å². The van der Waals surface area contributed by atoms with Crippen LogP contribution in [-0.4, -0.2) is 77.1 Å². The number of benzene rings is 2. The van der Waals surface area contributed by atoms with Gasteiger partial charge in [0.25, 0.3) is 0 Å². The van der Waals surface area contributed by atoms with Gasteiger partial charge in [0.15, 0.2) is 4.96 Å². The standard InChI is InChI=1S/C30H32N8O2S/c1-36(2)13-11-26(39)32-23-5-3-4-21(20-23)27-28(38-16-19-41-30(38)35-27)25-10-12-31-29(34-25)33-22-6-8-24(9-7-22)37-14-17-40-18-15-37/h3-10,12,16,19-20H,11,13-15,17-18H2,1-2H3,(H,32,39)(H,31,33,34). The molecule has 0 saturated carbocycles. The highest BCUT2D eigenvalue weighted by Crippen LogP contribution is 2.35. The van der Waals surface area contributed by atoms with E-state index in [0.29, 0.717) is 18.9 Å². The lowest BCUT2D eigenvalue weighted by Gasteiger charge is -2.28. The van der Waals surface area contributed by atoms with Gasteiger partial charge in [0.2, 0.25) is 11.9 Å². The van der Waals surface area contributed by atoms with Crippen LogP contribution in [0.4, 0.5) is 23.0 Å². The molecule has 0 unspecified atom stereocenters. The molecule has 1 saturated heterocycles. The van der Waals surface area contributed by atoms with E-state index in [4.69, 9.17) is 14.7 Å². The molecule has 6 rings (SSSR count). The molecule has 1 aliphatic rings. The van der Waals surface area contributed by atoms with Gasteiger partial charge < -0.3 is 25.2 Å². The van der Waals surface area contributed by atoms with Crippen LogP contribution in [0.3, 0.4) is 0 Å². The van der Waals surface area contributed by atoms with Crippen LogP contribution in [0.2, 0.25) is 0 Å². The van der Waals surface area contributed by atoms with Crippen LogP contribution in [0.25, 0.3) is 27.6 Å². The second kappa shape index (κ2) is 12.0. The number of morpholine rings is 1. The quantitative estimate of drug-likeness (QED) is 0.257. The van der Waals surface area contributed by atoms with Crippen molar-refractivity contribution in [1.29, 1.82) is 0 Å². The molecule has 1 aliphatic heterocycles. The lowest BCUT2D eigenvalue weighted by atomic mass is 10.1. The molecular formula is C30H32N8O2S. The van der Waals surface area contributed by atoms with Gasteiger partial charge in [-0.2, -0.15) is 0 Å². The summed E-state index contributed by atoms with van der Waals surface area (Å²) in [5.74, 6) is 0.478. The lowest BCUT2D eigenvalue weighted by Crippen LogP contribution is -2.36. The minimum absolute atomic E-state index is 0.0219. The first-order valence-electron chi connectivity index (χ1n) is 13.6. The van der Waals surface area contributed by atoms with E-state index in [9.17, 15) is 4.79 Å². The number of aromatic nitrogens is 4. The fourth-order valence-electron chi connectivity index (χ4n) is 4.78. The van der Waals surface area contributed by atoms with Gasteiger partial charge >= 0.3 is 0 Å². The molecule has 10 nitrogen and oxygen atoms in total. The molecule has 2 aromatic carbocycles. The summed E-state index contributed by atoms with van der Waals surface area (Å²) in [6, 6.07) is 18.0. The first kappa shape index (κ1) is 26.9. The van der Waals surface area contributed by atoms with Crippen LogP contribution in [0.5, 0.6) is 0 Å². The number of thiazole rings is 1. The second-order valence-electron chi connectivity index (χ2n) is 10.1. The van der Waals surface area contributed by atoms with Crippen molar-refractivity contribution in [2.75, 3.05) is 62.5 Å². The van der Waals surface area contributed by atoms with E-state index in [1.165, 1.54) is 5.69 Å². The van der Waals surface area contributed by atoms with Crippen molar-refractivity contribution in [2.24, 2.45) is 0 Å².